The van der Waals surface area contributed by atoms with Crippen molar-refractivity contribution < 1.29 is 19.1 Å². The van der Waals surface area contributed by atoms with Crippen LogP contribution in [0.3, 0.4) is 0 Å². The lowest BCUT2D eigenvalue weighted by Crippen LogP contribution is -2.41. The topological polar surface area (TPSA) is 81.0 Å². The van der Waals surface area contributed by atoms with Crippen molar-refractivity contribution >= 4 is 24.0 Å². The fourth-order valence-electron chi connectivity index (χ4n) is 7.17. The minimum absolute atomic E-state index is 0.156. The second-order valence-corrected chi connectivity index (χ2v) is 10.9. The number of benzene rings is 3. The maximum Gasteiger partial charge on any atom is 0.338 e. The molecule has 2 bridgehead atoms. The summed E-state index contributed by atoms with van der Waals surface area (Å²) in [6.45, 7) is 6.05. The lowest BCUT2D eigenvalue weighted by atomic mass is 9.55. The van der Waals surface area contributed by atoms with E-state index in [4.69, 9.17) is 4.74 Å². The summed E-state index contributed by atoms with van der Waals surface area (Å²) in [5.41, 5.74) is 8.62. The Balaban J connectivity index is 1.20. The summed E-state index contributed by atoms with van der Waals surface area (Å²) in [4.78, 5) is 39.7. The molecule has 41 heavy (non-hydrogen) atoms. The second-order valence-electron chi connectivity index (χ2n) is 10.9. The van der Waals surface area contributed by atoms with E-state index in [0.717, 1.165) is 49.9 Å². The molecule has 4 aliphatic rings. The summed E-state index contributed by atoms with van der Waals surface area (Å²) in [5, 5.41) is 5.61. The molecule has 4 aromatic rings. The Morgan fingerprint density at radius 3 is 1.83 bits per heavy atom. The zero-order chi connectivity index (χ0) is 28.4. The van der Waals surface area contributed by atoms with Crippen LogP contribution in [0.5, 0.6) is 0 Å². The maximum atomic E-state index is 13.8. The molecule has 0 radical (unpaired) electrons. The van der Waals surface area contributed by atoms with Crippen LogP contribution in [-0.4, -0.2) is 40.2 Å². The summed E-state index contributed by atoms with van der Waals surface area (Å²) < 4.78 is 7.14. The van der Waals surface area contributed by atoms with Gasteiger partial charge in [0, 0.05) is 34.5 Å². The Morgan fingerprint density at radius 1 is 0.829 bits per heavy atom. The van der Waals surface area contributed by atoms with E-state index in [-0.39, 0.29) is 29.6 Å². The van der Waals surface area contributed by atoms with Crippen LogP contribution < -0.4 is 0 Å². The Hall–Kier alpha value is -4.78. The molecule has 0 spiro atoms. The van der Waals surface area contributed by atoms with Crippen LogP contribution in [0.15, 0.2) is 84.0 Å². The predicted octanol–water partition coefficient (Wildman–Crippen LogP) is 5.50. The van der Waals surface area contributed by atoms with Gasteiger partial charge in [0.1, 0.15) is 0 Å². The Bertz CT molecular complexity index is 1650. The monoisotopic (exact) mass is 543 g/mol. The molecule has 2 heterocycles. The molecule has 2 amide bonds. The van der Waals surface area contributed by atoms with Crippen molar-refractivity contribution in [2.24, 2.45) is 16.9 Å². The molecule has 2 atom stereocenters. The number of aryl methyl sites for hydroxylation is 1. The van der Waals surface area contributed by atoms with Gasteiger partial charge in [-0.3, -0.25) is 9.59 Å². The normalized spacial score (nSPS) is 22.2. The number of nitrogens with zero attached hydrogens (tertiary/aromatic N) is 3. The van der Waals surface area contributed by atoms with Crippen molar-refractivity contribution in [3.05, 3.63) is 124 Å². The van der Waals surface area contributed by atoms with Gasteiger partial charge >= 0.3 is 5.97 Å². The third-order valence-corrected chi connectivity index (χ3v) is 8.84. The standard InChI is InChI=1S/C34H29N3O4/c1-4-41-34(40)21-13-15-23(16-14-21)36-19(2)17-22(20(36)3)18-35-37-32(38)30-28-24-9-5-6-10-25(24)29(31(30)33(37)39)27-12-8-7-11-26(27)28/h5-18,28-31H,4H2,1-3H3/b35-18-/t28?,29?,30-,31-/m1/s1. The van der Waals surface area contributed by atoms with Crippen LogP contribution in [0.2, 0.25) is 0 Å². The third kappa shape index (κ3) is 3.65. The molecule has 3 aliphatic carbocycles. The Kier molecular flexibility index (Phi) is 5.78. The van der Waals surface area contributed by atoms with Crippen molar-refractivity contribution in [2.75, 3.05) is 6.61 Å². The number of hydrazone groups is 1. The highest BCUT2D eigenvalue weighted by molar-refractivity contribution is 6.08. The average molecular weight is 544 g/mol. The van der Waals surface area contributed by atoms with Crippen molar-refractivity contribution in [2.45, 2.75) is 32.6 Å². The minimum Gasteiger partial charge on any atom is -0.462 e. The van der Waals surface area contributed by atoms with E-state index in [9.17, 15) is 14.4 Å². The van der Waals surface area contributed by atoms with Crippen molar-refractivity contribution in [3.8, 4) is 5.69 Å². The fraction of sp³-hybridized carbons (Fsp3) is 0.235. The van der Waals surface area contributed by atoms with Gasteiger partial charge in [-0.15, -0.1) is 0 Å². The SMILES string of the molecule is CCOC(=O)c1ccc(-n2c(C)cc(/C=N\N3C(=O)[C@@H]4C5c6ccccc6C(c6ccccc65)[C@H]4C3=O)c2C)cc1. The smallest absolute Gasteiger partial charge is 0.338 e. The zero-order valence-electron chi connectivity index (χ0n) is 23.1. The number of hydrogen-bond acceptors (Lipinski definition) is 5. The number of carbonyl (C=O) groups excluding carboxylic acids is 3. The van der Waals surface area contributed by atoms with Gasteiger partial charge in [-0.05, 0) is 73.4 Å². The van der Waals surface area contributed by atoms with Crippen LogP contribution >= 0.6 is 0 Å². The molecule has 1 aromatic heterocycles. The van der Waals surface area contributed by atoms with Crippen molar-refractivity contribution in [3.63, 3.8) is 0 Å². The van der Waals surface area contributed by atoms with Crippen LogP contribution in [-0.2, 0) is 14.3 Å². The number of carbonyl (C=O) groups is 3. The van der Waals surface area contributed by atoms with E-state index >= 15 is 0 Å². The number of esters is 1. The molecule has 0 unspecified atom stereocenters. The summed E-state index contributed by atoms with van der Waals surface area (Å²) in [6, 6.07) is 25.6. The average Bonchev–Trinajstić information content (AvgIpc) is 3.42. The van der Waals surface area contributed by atoms with Gasteiger partial charge < -0.3 is 9.30 Å². The molecule has 1 aliphatic heterocycles. The third-order valence-electron chi connectivity index (χ3n) is 8.84. The second kappa shape index (κ2) is 9.41. The van der Waals surface area contributed by atoms with E-state index < -0.39 is 11.8 Å². The summed E-state index contributed by atoms with van der Waals surface area (Å²) in [6.07, 6.45) is 1.61. The predicted molar refractivity (Wildman–Crippen MR) is 154 cm³/mol. The van der Waals surface area contributed by atoms with E-state index in [1.807, 2.05) is 56.3 Å². The highest BCUT2D eigenvalue weighted by atomic mass is 16.5. The highest BCUT2D eigenvalue weighted by Crippen LogP contribution is 2.60. The van der Waals surface area contributed by atoms with Crippen molar-refractivity contribution in [1.29, 1.82) is 0 Å². The number of amides is 2. The first-order chi connectivity index (χ1) is 19.9. The van der Waals surface area contributed by atoms with Crippen LogP contribution in [0.4, 0.5) is 0 Å². The zero-order valence-corrected chi connectivity index (χ0v) is 23.1. The first-order valence-corrected chi connectivity index (χ1v) is 14.0. The quantitative estimate of drug-likeness (QED) is 0.189. The largest absolute Gasteiger partial charge is 0.462 e. The van der Waals surface area contributed by atoms with Crippen molar-refractivity contribution in [1.82, 2.24) is 9.58 Å². The van der Waals surface area contributed by atoms with Gasteiger partial charge in [0.05, 0.1) is 30.2 Å². The Labute approximate surface area is 238 Å². The maximum absolute atomic E-state index is 13.8. The number of hydrogen-bond donors (Lipinski definition) is 0. The molecule has 0 N–H and O–H groups in total. The number of ether oxygens (including phenoxy) is 1. The van der Waals surface area contributed by atoms with Gasteiger partial charge in [0.25, 0.3) is 11.8 Å². The molecule has 1 fully saturated rings. The van der Waals surface area contributed by atoms with E-state index in [0.29, 0.717) is 12.2 Å². The first kappa shape index (κ1) is 25.2. The first-order valence-electron chi connectivity index (χ1n) is 14.0. The summed E-state index contributed by atoms with van der Waals surface area (Å²) in [7, 11) is 0. The molecule has 1 saturated heterocycles. The van der Waals surface area contributed by atoms with Crippen LogP contribution in [0, 0.1) is 25.7 Å². The van der Waals surface area contributed by atoms with E-state index in [1.54, 1.807) is 25.3 Å². The summed E-state index contributed by atoms with van der Waals surface area (Å²) in [5.74, 6) is -2.06. The highest BCUT2D eigenvalue weighted by Gasteiger charge is 2.61. The van der Waals surface area contributed by atoms with Gasteiger partial charge in [-0.2, -0.15) is 10.1 Å². The molecule has 0 saturated carbocycles. The number of aromatic nitrogens is 1. The lowest BCUT2D eigenvalue weighted by Gasteiger charge is -2.45. The molecule has 7 nitrogen and oxygen atoms in total. The van der Waals surface area contributed by atoms with Gasteiger partial charge in [0.15, 0.2) is 0 Å². The van der Waals surface area contributed by atoms with Crippen LogP contribution in [0.1, 0.15) is 68.3 Å². The van der Waals surface area contributed by atoms with Gasteiger partial charge in [-0.25, -0.2) is 4.79 Å². The molecular weight excluding hydrogens is 514 g/mol. The molecule has 204 valence electrons. The summed E-state index contributed by atoms with van der Waals surface area (Å²) >= 11 is 0. The van der Waals surface area contributed by atoms with E-state index in [1.165, 1.54) is 0 Å². The number of rotatable bonds is 5. The molecule has 7 heteroatoms. The van der Waals surface area contributed by atoms with E-state index in [2.05, 4.69) is 33.9 Å². The minimum atomic E-state index is -0.459. The van der Waals surface area contributed by atoms with Crippen LogP contribution in [0.25, 0.3) is 5.69 Å². The van der Waals surface area contributed by atoms with Gasteiger partial charge in [-0.1, -0.05) is 48.5 Å². The number of imide groups is 1. The molecular formula is C34H29N3O4. The Morgan fingerprint density at radius 2 is 1.34 bits per heavy atom. The fourth-order valence-corrected chi connectivity index (χ4v) is 7.17. The molecule has 3 aromatic carbocycles. The lowest BCUT2D eigenvalue weighted by molar-refractivity contribution is -0.139. The van der Waals surface area contributed by atoms with Gasteiger partial charge in [0.2, 0.25) is 0 Å². The molecule has 8 rings (SSSR count).